The zero-order chi connectivity index (χ0) is 12.9. The predicted octanol–water partition coefficient (Wildman–Crippen LogP) is 6.46. The second kappa shape index (κ2) is 9.15. The van der Waals surface area contributed by atoms with Gasteiger partial charge >= 0.3 is 16.5 Å². The second-order valence-corrected chi connectivity index (χ2v) is 10.4. The summed E-state index contributed by atoms with van der Waals surface area (Å²) in [5.41, 5.74) is 3.57. The fourth-order valence-electron chi connectivity index (χ4n) is 5.03. The fourth-order valence-corrected chi connectivity index (χ4v) is 9.71. The molecule has 0 amide bonds. The zero-order valence-corrected chi connectivity index (χ0v) is 15.0. The molecule has 0 aliphatic heterocycles. The summed E-state index contributed by atoms with van der Waals surface area (Å²) in [6, 6.07) is 0. The van der Waals surface area contributed by atoms with Crippen molar-refractivity contribution in [3.8, 4) is 0 Å². The van der Waals surface area contributed by atoms with Gasteiger partial charge in [-0.3, -0.25) is 0 Å². The SMILES string of the molecule is C1CCC(P(C2CCCCC2)C2CCCCC2)CC1.[Ni+2]. The molecule has 2 heteroatoms. The van der Waals surface area contributed by atoms with E-state index in [0.29, 0.717) is 7.92 Å². The molecule has 0 saturated heterocycles. The van der Waals surface area contributed by atoms with E-state index in [2.05, 4.69) is 0 Å². The van der Waals surface area contributed by atoms with Gasteiger partial charge < -0.3 is 0 Å². The molecule has 0 bridgehead atoms. The van der Waals surface area contributed by atoms with E-state index in [1.165, 1.54) is 36.2 Å². The maximum absolute atomic E-state index is 1.61. The molecule has 20 heavy (non-hydrogen) atoms. The average Bonchev–Trinajstić information content (AvgIpc) is 2.51. The van der Waals surface area contributed by atoms with Crippen LogP contribution in [0.5, 0.6) is 0 Å². The van der Waals surface area contributed by atoms with Crippen LogP contribution >= 0.6 is 7.92 Å². The Morgan fingerprint density at radius 1 is 0.400 bits per heavy atom. The quantitative estimate of drug-likeness (QED) is 0.409. The first kappa shape index (κ1) is 17.3. The van der Waals surface area contributed by atoms with Crippen molar-refractivity contribution in [3.05, 3.63) is 0 Å². The van der Waals surface area contributed by atoms with Crippen LogP contribution in [0.2, 0.25) is 0 Å². The fraction of sp³-hybridized carbons (Fsp3) is 1.00. The van der Waals surface area contributed by atoms with Crippen LogP contribution < -0.4 is 0 Å². The average molecular weight is 339 g/mol. The molecular weight excluding hydrogens is 306 g/mol. The molecule has 118 valence electrons. The Hall–Kier alpha value is 0.924. The molecule has 0 aromatic heterocycles. The summed E-state index contributed by atoms with van der Waals surface area (Å²) in [7, 11) is 0.385. The molecule has 3 saturated carbocycles. The molecule has 0 radical (unpaired) electrons. The van der Waals surface area contributed by atoms with Crippen molar-refractivity contribution in [3.63, 3.8) is 0 Å². The summed E-state index contributed by atoms with van der Waals surface area (Å²) < 4.78 is 0. The Bertz CT molecular complexity index is 207. The Labute approximate surface area is 137 Å². The molecule has 0 aromatic carbocycles. The van der Waals surface area contributed by atoms with Gasteiger partial charge in [0.05, 0.1) is 0 Å². The zero-order valence-electron chi connectivity index (χ0n) is 13.1. The molecule has 0 aromatic rings. The first-order valence-corrected chi connectivity index (χ1v) is 10.8. The van der Waals surface area contributed by atoms with E-state index in [4.69, 9.17) is 0 Å². The van der Waals surface area contributed by atoms with E-state index in [0.717, 1.165) is 0 Å². The molecule has 0 heterocycles. The van der Waals surface area contributed by atoms with Crippen LogP contribution in [-0.2, 0) is 16.5 Å². The van der Waals surface area contributed by atoms with E-state index >= 15 is 0 Å². The van der Waals surface area contributed by atoms with Gasteiger partial charge in [0, 0.05) is 0 Å². The topological polar surface area (TPSA) is 0 Å². The largest absolute Gasteiger partial charge is 2.00 e. The molecule has 0 N–H and O–H groups in total. The van der Waals surface area contributed by atoms with Gasteiger partial charge in [-0.05, 0) is 55.5 Å². The minimum absolute atomic E-state index is 0. The van der Waals surface area contributed by atoms with Crippen molar-refractivity contribution in [1.29, 1.82) is 0 Å². The van der Waals surface area contributed by atoms with Crippen LogP contribution in [-0.4, -0.2) is 17.0 Å². The second-order valence-electron chi connectivity index (χ2n) is 7.32. The summed E-state index contributed by atoms with van der Waals surface area (Å²) in [4.78, 5) is 0. The molecule has 3 rings (SSSR count). The van der Waals surface area contributed by atoms with Crippen molar-refractivity contribution in [1.82, 2.24) is 0 Å². The van der Waals surface area contributed by atoms with Crippen LogP contribution in [0.15, 0.2) is 0 Å². The number of rotatable bonds is 3. The molecule has 0 spiro atoms. The van der Waals surface area contributed by atoms with E-state index in [-0.39, 0.29) is 16.5 Å². The maximum Gasteiger partial charge on any atom is 2.00 e. The summed E-state index contributed by atoms with van der Waals surface area (Å²) in [6.07, 6.45) is 23.6. The summed E-state index contributed by atoms with van der Waals surface area (Å²) in [5, 5.41) is 0. The standard InChI is InChI=1S/C18H33P.Ni/c1-4-10-16(11-5-1)19(17-12-6-2-7-13-17)18-14-8-3-9-15-18;/h16-18H,1-15H2;/q;+2. The molecular formula is C18H33NiP+2. The first-order chi connectivity index (χ1) is 9.45. The molecule has 0 atom stereocenters. The van der Waals surface area contributed by atoms with Crippen molar-refractivity contribution in [2.75, 3.05) is 0 Å². The number of hydrogen-bond acceptors (Lipinski definition) is 0. The minimum atomic E-state index is 0. The predicted molar refractivity (Wildman–Crippen MR) is 87.5 cm³/mol. The Morgan fingerprint density at radius 3 is 0.900 bits per heavy atom. The maximum atomic E-state index is 1.61. The van der Waals surface area contributed by atoms with Crippen LogP contribution in [0.1, 0.15) is 96.3 Å². The van der Waals surface area contributed by atoms with Crippen LogP contribution in [0.25, 0.3) is 0 Å². The molecule has 0 nitrogen and oxygen atoms in total. The van der Waals surface area contributed by atoms with Gasteiger partial charge in [0.2, 0.25) is 0 Å². The van der Waals surface area contributed by atoms with Gasteiger partial charge in [0.1, 0.15) is 0 Å². The number of hydrogen-bond donors (Lipinski definition) is 0. The monoisotopic (exact) mass is 338 g/mol. The third-order valence-corrected chi connectivity index (χ3v) is 10.1. The minimum Gasteiger partial charge on any atom is -0.0971 e. The van der Waals surface area contributed by atoms with Crippen molar-refractivity contribution < 1.29 is 16.5 Å². The first-order valence-electron chi connectivity index (χ1n) is 9.22. The molecule has 3 aliphatic rings. The summed E-state index contributed by atoms with van der Waals surface area (Å²) in [5.74, 6) is 0. The van der Waals surface area contributed by atoms with Gasteiger partial charge in [-0.25, -0.2) is 0 Å². The molecule has 0 unspecified atom stereocenters. The van der Waals surface area contributed by atoms with Crippen LogP contribution in [0.3, 0.4) is 0 Å². The van der Waals surface area contributed by atoms with Gasteiger partial charge in [-0.1, -0.05) is 65.7 Å². The van der Waals surface area contributed by atoms with E-state index in [1.807, 2.05) is 0 Å². The Kier molecular flexibility index (Phi) is 7.91. The van der Waals surface area contributed by atoms with Gasteiger partial charge in [0.15, 0.2) is 0 Å². The smallest absolute Gasteiger partial charge is 0.0971 e. The third kappa shape index (κ3) is 4.46. The van der Waals surface area contributed by atoms with Crippen molar-refractivity contribution >= 4 is 7.92 Å². The summed E-state index contributed by atoms with van der Waals surface area (Å²) in [6.45, 7) is 0. The van der Waals surface area contributed by atoms with E-state index in [1.54, 1.807) is 77.0 Å². The van der Waals surface area contributed by atoms with E-state index in [9.17, 15) is 0 Å². The Morgan fingerprint density at radius 2 is 0.650 bits per heavy atom. The van der Waals surface area contributed by atoms with Crippen LogP contribution in [0, 0.1) is 0 Å². The molecule has 3 aliphatic carbocycles. The van der Waals surface area contributed by atoms with Crippen LogP contribution in [0.4, 0.5) is 0 Å². The van der Waals surface area contributed by atoms with Crippen molar-refractivity contribution in [2.24, 2.45) is 0 Å². The van der Waals surface area contributed by atoms with Crippen molar-refractivity contribution in [2.45, 2.75) is 113 Å². The molecule has 3 fully saturated rings. The van der Waals surface area contributed by atoms with E-state index < -0.39 is 0 Å². The Balaban J connectivity index is 0.00000147. The van der Waals surface area contributed by atoms with Gasteiger partial charge in [-0.15, -0.1) is 0 Å². The third-order valence-electron chi connectivity index (χ3n) is 5.99. The normalized spacial score (nSPS) is 27.4. The van der Waals surface area contributed by atoms with Gasteiger partial charge in [-0.2, -0.15) is 0 Å². The van der Waals surface area contributed by atoms with Gasteiger partial charge in [0.25, 0.3) is 0 Å². The summed E-state index contributed by atoms with van der Waals surface area (Å²) >= 11 is 0.